The number of H-pyrrole nitrogens is 1. The molecular formula is C18H19N7S2. The van der Waals surface area contributed by atoms with Crippen LogP contribution < -0.4 is 0 Å². The summed E-state index contributed by atoms with van der Waals surface area (Å²) in [6.45, 7) is 2.80. The fourth-order valence-electron chi connectivity index (χ4n) is 2.82. The summed E-state index contributed by atoms with van der Waals surface area (Å²) in [7, 11) is 2.07. The highest BCUT2D eigenvalue weighted by Crippen LogP contribution is 2.23. The van der Waals surface area contributed by atoms with E-state index in [9.17, 15) is 0 Å². The maximum absolute atomic E-state index is 5.41. The van der Waals surface area contributed by atoms with Gasteiger partial charge in [-0.05, 0) is 55.3 Å². The molecule has 7 nitrogen and oxygen atoms in total. The number of rotatable bonds is 6. The number of hydrogen-bond donors (Lipinski definition) is 1. The zero-order chi connectivity index (χ0) is 18.8. The van der Waals surface area contributed by atoms with E-state index in [1.165, 1.54) is 11.9 Å². The Morgan fingerprint density at radius 2 is 2.07 bits per heavy atom. The maximum atomic E-state index is 5.41. The average Bonchev–Trinajstić information content (AvgIpc) is 3.44. The molecule has 0 radical (unpaired) electrons. The Morgan fingerprint density at radius 1 is 1.26 bits per heavy atom. The molecule has 0 fully saturated rings. The van der Waals surface area contributed by atoms with E-state index in [1.807, 2.05) is 34.3 Å². The normalized spacial score (nSPS) is 12.6. The van der Waals surface area contributed by atoms with Crippen molar-refractivity contribution in [2.24, 2.45) is 0 Å². The van der Waals surface area contributed by atoms with Crippen LogP contribution in [0, 0.1) is 4.77 Å². The molecule has 3 heterocycles. The summed E-state index contributed by atoms with van der Waals surface area (Å²) >= 11 is 7.06. The van der Waals surface area contributed by atoms with Crippen LogP contribution >= 0.6 is 23.6 Å². The van der Waals surface area contributed by atoms with E-state index < -0.39 is 0 Å². The van der Waals surface area contributed by atoms with Crippen molar-refractivity contribution in [1.29, 1.82) is 0 Å². The lowest BCUT2D eigenvalue weighted by atomic mass is 10.1. The molecule has 0 amide bonds. The number of thiophene rings is 1. The molecule has 27 heavy (non-hydrogen) atoms. The van der Waals surface area contributed by atoms with Crippen molar-refractivity contribution in [3.63, 3.8) is 0 Å². The van der Waals surface area contributed by atoms with E-state index in [0.29, 0.717) is 11.4 Å². The van der Waals surface area contributed by atoms with Crippen molar-refractivity contribution in [3.8, 4) is 16.4 Å². The van der Waals surface area contributed by atoms with Gasteiger partial charge in [0.1, 0.15) is 12.7 Å². The van der Waals surface area contributed by atoms with E-state index in [4.69, 9.17) is 12.2 Å². The van der Waals surface area contributed by atoms with Gasteiger partial charge in [0.05, 0.1) is 17.2 Å². The van der Waals surface area contributed by atoms with Crippen LogP contribution in [0.5, 0.6) is 0 Å². The number of hydrogen-bond acceptors (Lipinski definition) is 6. The minimum atomic E-state index is 0.213. The Bertz CT molecular complexity index is 1050. The number of nitrogens with zero attached hydrogens (tertiary/aromatic N) is 6. The smallest absolute Gasteiger partial charge is 0.217 e. The molecule has 0 spiro atoms. The molecule has 4 aromatic rings. The van der Waals surface area contributed by atoms with Gasteiger partial charge in [-0.1, -0.05) is 18.2 Å². The molecule has 1 N–H and O–H groups in total. The zero-order valence-electron chi connectivity index (χ0n) is 15.0. The third kappa shape index (κ3) is 3.75. The molecule has 0 saturated heterocycles. The van der Waals surface area contributed by atoms with Gasteiger partial charge in [-0.3, -0.25) is 10.00 Å². The molecule has 3 aromatic heterocycles. The lowest BCUT2D eigenvalue weighted by Crippen LogP contribution is -2.26. The first-order chi connectivity index (χ1) is 13.1. The van der Waals surface area contributed by atoms with Gasteiger partial charge >= 0.3 is 0 Å². The molecule has 0 aliphatic rings. The van der Waals surface area contributed by atoms with Crippen molar-refractivity contribution < 1.29 is 0 Å². The van der Waals surface area contributed by atoms with Crippen molar-refractivity contribution >= 4 is 23.6 Å². The van der Waals surface area contributed by atoms with Crippen LogP contribution in [0.15, 0.2) is 54.4 Å². The third-order valence-corrected chi connectivity index (χ3v) is 5.71. The molecule has 0 aliphatic heterocycles. The molecule has 1 aromatic carbocycles. The Hall–Kier alpha value is -2.62. The number of aromatic amines is 1. The summed E-state index contributed by atoms with van der Waals surface area (Å²) < 4.78 is 4.19. The van der Waals surface area contributed by atoms with Crippen LogP contribution in [-0.4, -0.2) is 41.5 Å². The first kappa shape index (κ1) is 17.8. The summed E-state index contributed by atoms with van der Waals surface area (Å²) in [5.41, 5.74) is 2.20. The predicted octanol–water partition coefficient (Wildman–Crippen LogP) is 3.90. The van der Waals surface area contributed by atoms with Crippen molar-refractivity contribution in [3.05, 3.63) is 64.8 Å². The van der Waals surface area contributed by atoms with Gasteiger partial charge in [-0.25, -0.2) is 14.3 Å². The van der Waals surface area contributed by atoms with Gasteiger partial charge in [0.25, 0.3) is 0 Å². The van der Waals surface area contributed by atoms with E-state index in [-0.39, 0.29) is 6.04 Å². The number of benzene rings is 1. The van der Waals surface area contributed by atoms with Crippen LogP contribution in [0.25, 0.3) is 16.4 Å². The molecule has 0 aliphatic carbocycles. The summed E-state index contributed by atoms with van der Waals surface area (Å²) in [5, 5.41) is 9.49. The lowest BCUT2D eigenvalue weighted by molar-refractivity contribution is 0.195. The highest BCUT2D eigenvalue weighted by molar-refractivity contribution is 7.71. The fraction of sp³-hybridized carbons (Fsp3) is 0.222. The highest BCUT2D eigenvalue weighted by Gasteiger charge is 2.14. The highest BCUT2D eigenvalue weighted by atomic mass is 32.1. The molecule has 0 bridgehead atoms. The Balaban J connectivity index is 1.48. The Kier molecular flexibility index (Phi) is 4.97. The van der Waals surface area contributed by atoms with E-state index in [0.717, 1.165) is 16.4 Å². The van der Waals surface area contributed by atoms with Crippen molar-refractivity contribution in [1.82, 2.24) is 34.4 Å². The fourth-order valence-corrected chi connectivity index (χ4v) is 3.68. The van der Waals surface area contributed by atoms with Crippen LogP contribution in [0.3, 0.4) is 0 Å². The van der Waals surface area contributed by atoms with Gasteiger partial charge in [0.2, 0.25) is 4.77 Å². The van der Waals surface area contributed by atoms with Gasteiger partial charge < -0.3 is 0 Å². The summed E-state index contributed by atoms with van der Waals surface area (Å²) in [6.07, 6.45) is 3.22. The molecule has 0 saturated carbocycles. The van der Waals surface area contributed by atoms with Crippen LogP contribution in [0.4, 0.5) is 0 Å². The summed E-state index contributed by atoms with van der Waals surface area (Å²) in [6, 6.07) is 12.6. The molecule has 138 valence electrons. The summed E-state index contributed by atoms with van der Waals surface area (Å²) in [4.78, 5) is 11.8. The molecule has 4 rings (SSSR count). The van der Waals surface area contributed by atoms with E-state index in [2.05, 4.69) is 51.2 Å². The van der Waals surface area contributed by atoms with Crippen molar-refractivity contribution in [2.75, 3.05) is 7.05 Å². The minimum Gasteiger partial charge on any atom is -0.281 e. The summed E-state index contributed by atoms with van der Waals surface area (Å²) in [5.74, 6) is 0.813. The quantitative estimate of drug-likeness (QED) is 0.500. The van der Waals surface area contributed by atoms with Crippen molar-refractivity contribution in [2.45, 2.75) is 19.6 Å². The molecule has 1 atom stereocenters. The van der Waals surface area contributed by atoms with Crippen LogP contribution in [0.1, 0.15) is 18.5 Å². The average molecular weight is 398 g/mol. The topological polar surface area (TPSA) is 67.6 Å². The van der Waals surface area contributed by atoms with E-state index in [1.54, 1.807) is 22.3 Å². The van der Waals surface area contributed by atoms with E-state index >= 15 is 0 Å². The zero-order valence-corrected chi connectivity index (χ0v) is 16.6. The monoisotopic (exact) mass is 397 g/mol. The van der Waals surface area contributed by atoms with Gasteiger partial charge in [0, 0.05) is 6.04 Å². The van der Waals surface area contributed by atoms with Gasteiger partial charge in [-0.2, -0.15) is 10.1 Å². The number of nitrogens with one attached hydrogen (secondary N) is 1. The minimum absolute atomic E-state index is 0.213. The number of aromatic nitrogens is 6. The Morgan fingerprint density at radius 3 is 2.74 bits per heavy atom. The first-order valence-electron chi connectivity index (χ1n) is 8.48. The molecule has 9 heteroatoms. The standard InChI is InChI=1S/C18H19N7S2/c1-13(14-5-7-15(8-6-14)24-11-19-10-20-24)23(2)12-25-18(26)21-17(22-25)16-4-3-9-27-16/h3-11,13H,12H2,1-2H3,(H,21,22,26)/t13-/m1/s1. The second kappa shape index (κ2) is 7.55. The van der Waals surface area contributed by atoms with Gasteiger partial charge in [-0.15, -0.1) is 11.3 Å². The first-order valence-corrected chi connectivity index (χ1v) is 9.76. The van der Waals surface area contributed by atoms with Gasteiger partial charge in [0.15, 0.2) is 5.82 Å². The molecule has 0 unspecified atom stereocenters. The third-order valence-electron chi connectivity index (χ3n) is 4.52. The SMILES string of the molecule is C[C@H](c1ccc(-n2cncn2)cc1)N(C)Cn1[nH]c(-c2cccs2)nc1=S. The second-order valence-electron chi connectivity index (χ2n) is 6.27. The van der Waals surface area contributed by atoms with Crippen LogP contribution in [-0.2, 0) is 6.67 Å². The predicted molar refractivity (Wildman–Crippen MR) is 108 cm³/mol. The molecular weight excluding hydrogens is 378 g/mol. The lowest BCUT2D eigenvalue weighted by Gasteiger charge is -2.25. The maximum Gasteiger partial charge on any atom is 0.217 e. The second-order valence-corrected chi connectivity index (χ2v) is 7.58. The Labute approximate surface area is 165 Å². The largest absolute Gasteiger partial charge is 0.281 e. The van der Waals surface area contributed by atoms with Crippen LogP contribution in [0.2, 0.25) is 0 Å².